The van der Waals surface area contributed by atoms with Crippen LogP contribution in [-0.4, -0.2) is 41.0 Å². The van der Waals surface area contributed by atoms with Crippen LogP contribution < -0.4 is 16.0 Å². The second-order valence-electron chi connectivity index (χ2n) is 9.06. The van der Waals surface area contributed by atoms with Gasteiger partial charge >= 0.3 is 5.69 Å². The first-order valence-corrected chi connectivity index (χ1v) is 10.9. The molecule has 184 valence electrons. The second kappa shape index (κ2) is 7.17. The Kier molecular flexibility index (Phi) is 4.60. The van der Waals surface area contributed by atoms with Crippen LogP contribution in [0.5, 0.6) is 17.2 Å². The lowest BCUT2D eigenvalue weighted by atomic mass is 9.71. The molecule has 0 radical (unpaired) electrons. The number of hydrogen-bond acceptors (Lipinski definition) is 9. The van der Waals surface area contributed by atoms with E-state index in [1.165, 1.54) is 53.1 Å². The van der Waals surface area contributed by atoms with Gasteiger partial charge in [0.25, 0.3) is 5.56 Å². The maximum Gasteiger partial charge on any atom is 0.332 e. The number of phenols is 2. The van der Waals surface area contributed by atoms with Gasteiger partial charge < -0.3 is 20.1 Å². The third-order valence-electron chi connectivity index (χ3n) is 6.96. The number of Topliss-reactive ketones (excluding diaryl/α,β-unsaturated/α-hetero) is 2. The maximum atomic E-state index is 14.0. The van der Waals surface area contributed by atoms with Gasteiger partial charge in [0, 0.05) is 25.7 Å². The summed E-state index contributed by atoms with van der Waals surface area (Å²) in [4.78, 5) is 55.5. The van der Waals surface area contributed by atoms with E-state index in [1.807, 2.05) is 0 Å². The summed E-state index contributed by atoms with van der Waals surface area (Å²) < 4.78 is 7.86. The number of aryl methyl sites for hydroxylation is 1. The average molecular weight is 491 g/mol. The molecule has 0 unspecified atom stereocenters. The smallest absolute Gasteiger partial charge is 0.332 e. The number of allylic oxidation sites excluding steroid dienone is 3. The Labute approximate surface area is 202 Å². The highest BCUT2D eigenvalue weighted by molar-refractivity contribution is 6.28. The molecule has 1 aliphatic carbocycles. The molecule has 0 saturated carbocycles. The molecule has 2 aliphatic rings. The Hall–Kier alpha value is -4.67. The largest absolute Gasteiger partial charge is 0.507 e. The van der Waals surface area contributed by atoms with Crippen molar-refractivity contribution in [2.24, 2.45) is 14.1 Å². The summed E-state index contributed by atoms with van der Waals surface area (Å²) in [7, 11) is 2.76. The van der Waals surface area contributed by atoms with Gasteiger partial charge in [-0.05, 0) is 32.9 Å². The van der Waals surface area contributed by atoms with Crippen molar-refractivity contribution >= 4 is 28.2 Å². The van der Waals surface area contributed by atoms with Crippen LogP contribution in [0.3, 0.4) is 0 Å². The zero-order chi connectivity index (χ0) is 26.4. The number of fused-ring (bicyclic) bond motifs is 4. The zero-order valence-corrected chi connectivity index (χ0v) is 20.0. The molecular formula is C25H21N3O8. The van der Waals surface area contributed by atoms with Crippen molar-refractivity contribution in [2.75, 3.05) is 0 Å². The third-order valence-corrected chi connectivity index (χ3v) is 6.96. The minimum absolute atomic E-state index is 0.00664. The van der Waals surface area contributed by atoms with Gasteiger partial charge in [-0.1, -0.05) is 0 Å². The lowest BCUT2D eigenvalue weighted by Crippen LogP contribution is -2.38. The van der Waals surface area contributed by atoms with Crippen molar-refractivity contribution in [3.8, 4) is 17.2 Å². The van der Waals surface area contributed by atoms with E-state index >= 15 is 0 Å². The summed E-state index contributed by atoms with van der Waals surface area (Å²) >= 11 is 0. The van der Waals surface area contributed by atoms with E-state index < -0.39 is 45.5 Å². The molecule has 11 heteroatoms. The predicted octanol–water partition coefficient (Wildman–Crippen LogP) is 1.64. The second-order valence-corrected chi connectivity index (χ2v) is 9.06. The van der Waals surface area contributed by atoms with E-state index in [4.69, 9.17) is 4.74 Å². The maximum absolute atomic E-state index is 14.0. The predicted molar refractivity (Wildman–Crippen MR) is 127 cm³/mol. The summed E-state index contributed by atoms with van der Waals surface area (Å²) in [5, 5.41) is 32.4. The number of carbonyl (C=O) groups excluding carboxylic acids is 2. The summed E-state index contributed by atoms with van der Waals surface area (Å²) in [6, 6.07) is 2.78. The van der Waals surface area contributed by atoms with Crippen molar-refractivity contribution in [2.45, 2.75) is 26.2 Å². The highest BCUT2D eigenvalue weighted by atomic mass is 16.5. The third kappa shape index (κ3) is 2.65. The molecule has 3 N–H and O–H groups in total. The number of pyridine rings is 1. The molecule has 0 spiro atoms. The Morgan fingerprint density at radius 3 is 2.36 bits per heavy atom. The highest BCUT2D eigenvalue weighted by Crippen LogP contribution is 2.58. The van der Waals surface area contributed by atoms with Crippen LogP contribution in [0.1, 0.15) is 41.0 Å². The van der Waals surface area contributed by atoms with Crippen molar-refractivity contribution in [1.82, 2.24) is 14.1 Å². The summed E-state index contributed by atoms with van der Waals surface area (Å²) in [5.74, 6) is -2.85. The summed E-state index contributed by atoms with van der Waals surface area (Å²) in [5.41, 5.74) is -3.31. The van der Waals surface area contributed by atoms with Gasteiger partial charge in [0.2, 0.25) is 0 Å². The van der Waals surface area contributed by atoms with E-state index in [0.29, 0.717) is 0 Å². The molecule has 0 saturated heterocycles. The van der Waals surface area contributed by atoms with Gasteiger partial charge in [0.15, 0.2) is 11.6 Å². The number of aromatic nitrogens is 3. The van der Waals surface area contributed by atoms with Crippen molar-refractivity contribution < 1.29 is 29.6 Å². The molecule has 1 atom stereocenters. The standard InChI is InChI=1S/C25H21N3O8/c1-9-18(31)15(10(2)29)20-17(19(9)32)25(3)14(36-20)8-13(30)16(21(25)33)12-7-6-11-22(26-12)27(4)24(35)28(5)23(11)34/h6-8,30-32H,1-5H3/t25-/m0/s1. The molecule has 0 bridgehead atoms. The van der Waals surface area contributed by atoms with Gasteiger partial charge in [-0.15, -0.1) is 0 Å². The SMILES string of the molecule is CC(=O)c1c(O)c(C)c(O)c2c1OC1=CC(O)=C(c3ccc4c(=O)n(C)c(=O)n(C)c4n3)C(=O)[C@@]12C. The van der Waals surface area contributed by atoms with Crippen molar-refractivity contribution in [3.05, 3.63) is 72.9 Å². The van der Waals surface area contributed by atoms with Crippen LogP contribution in [0.25, 0.3) is 16.6 Å². The van der Waals surface area contributed by atoms with E-state index in [2.05, 4.69) is 4.98 Å². The summed E-state index contributed by atoms with van der Waals surface area (Å²) in [6.45, 7) is 4.08. The molecule has 2 aromatic heterocycles. The fourth-order valence-corrected chi connectivity index (χ4v) is 4.86. The number of nitrogens with zero attached hydrogens (tertiary/aromatic N) is 3. The Morgan fingerprint density at radius 2 is 1.72 bits per heavy atom. The number of hydrogen-bond donors (Lipinski definition) is 3. The van der Waals surface area contributed by atoms with Gasteiger partial charge in [0.1, 0.15) is 45.4 Å². The number of aliphatic hydroxyl groups excluding tert-OH is 1. The molecule has 11 nitrogen and oxygen atoms in total. The molecular weight excluding hydrogens is 470 g/mol. The molecule has 0 amide bonds. The lowest BCUT2D eigenvalue weighted by molar-refractivity contribution is -0.117. The zero-order valence-electron chi connectivity index (χ0n) is 20.0. The quantitative estimate of drug-likeness (QED) is 0.453. The molecule has 5 rings (SSSR count). The van der Waals surface area contributed by atoms with Gasteiger partial charge in [-0.3, -0.25) is 23.5 Å². The fraction of sp³-hybridized carbons (Fsp3) is 0.240. The summed E-state index contributed by atoms with van der Waals surface area (Å²) in [6.07, 6.45) is 1.18. The number of aliphatic hydroxyl groups is 1. The Bertz CT molecular complexity index is 1770. The molecule has 1 aliphatic heterocycles. The molecule has 3 aromatic rings. The molecule has 0 fully saturated rings. The number of phenolic OH excluding ortho intramolecular Hbond substituents is 2. The number of aromatic hydroxyl groups is 2. The first kappa shape index (κ1) is 23.1. The van der Waals surface area contributed by atoms with Crippen LogP contribution >= 0.6 is 0 Å². The first-order chi connectivity index (χ1) is 16.8. The van der Waals surface area contributed by atoms with Crippen LogP contribution in [-0.2, 0) is 24.3 Å². The van der Waals surface area contributed by atoms with Crippen LogP contribution in [0.2, 0.25) is 0 Å². The number of benzene rings is 1. The van der Waals surface area contributed by atoms with Gasteiger partial charge in [-0.25, -0.2) is 9.78 Å². The topological polar surface area (TPSA) is 161 Å². The molecule has 3 heterocycles. The highest BCUT2D eigenvalue weighted by Gasteiger charge is 2.55. The van der Waals surface area contributed by atoms with E-state index in [1.54, 1.807) is 0 Å². The Morgan fingerprint density at radius 1 is 1.06 bits per heavy atom. The van der Waals surface area contributed by atoms with E-state index in [0.717, 1.165) is 9.13 Å². The van der Waals surface area contributed by atoms with Crippen molar-refractivity contribution in [3.63, 3.8) is 0 Å². The number of rotatable bonds is 2. The van der Waals surface area contributed by atoms with Crippen molar-refractivity contribution in [1.29, 1.82) is 0 Å². The lowest BCUT2D eigenvalue weighted by Gasteiger charge is -2.28. The number of ketones is 2. The van der Waals surface area contributed by atoms with Crippen LogP contribution in [0, 0.1) is 6.92 Å². The normalized spacial score (nSPS) is 18.7. The minimum Gasteiger partial charge on any atom is -0.507 e. The minimum atomic E-state index is -1.67. The van der Waals surface area contributed by atoms with Crippen LogP contribution in [0.15, 0.2) is 39.3 Å². The first-order valence-electron chi connectivity index (χ1n) is 10.9. The van der Waals surface area contributed by atoms with E-state index in [-0.39, 0.29) is 50.5 Å². The molecule has 1 aromatic carbocycles. The number of ether oxygens (including phenoxy) is 1. The van der Waals surface area contributed by atoms with Gasteiger partial charge in [-0.2, -0.15) is 0 Å². The Balaban J connectivity index is 1.78. The monoisotopic (exact) mass is 491 g/mol. The molecule has 36 heavy (non-hydrogen) atoms. The van der Waals surface area contributed by atoms with Crippen LogP contribution in [0.4, 0.5) is 0 Å². The van der Waals surface area contributed by atoms with Gasteiger partial charge in [0.05, 0.1) is 22.2 Å². The fourth-order valence-electron chi connectivity index (χ4n) is 4.86. The average Bonchev–Trinajstić information content (AvgIpc) is 3.12. The number of carbonyl (C=O) groups is 2. The van der Waals surface area contributed by atoms with E-state index in [9.17, 15) is 34.5 Å².